The van der Waals surface area contributed by atoms with E-state index in [1.165, 1.54) is 6.42 Å². The highest BCUT2D eigenvalue weighted by Crippen LogP contribution is 2.31. The third-order valence-electron chi connectivity index (χ3n) is 2.55. The zero-order valence-electron chi connectivity index (χ0n) is 7.40. The maximum absolute atomic E-state index is 10.6. The number of aromatic carboxylic acids is 1. The van der Waals surface area contributed by atoms with Crippen molar-refractivity contribution in [3.05, 3.63) is 11.4 Å². The normalized spacial score (nSPS) is 17.0. The summed E-state index contributed by atoms with van der Waals surface area (Å²) in [4.78, 5) is 10.6. The highest BCUT2D eigenvalue weighted by Gasteiger charge is 2.25. The summed E-state index contributed by atoms with van der Waals surface area (Å²) in [6.07, 6.45) is 3.37. The van der Waals surface area contributed by atoms with E-state index in [1.807, 2.05) is 0 Å². The Labute approximate surface area is 75.4 Å². The molecule has 5 heteroatoms. The summed E-state index contributed by atoms with van der Waals surface area (Å²) in [5.41, 5.74) is 0.740. The van der Waals surface area contributed by atoms with Crippen molar-refractivity contribution in [2.45, 2.75) is 32.2 Å². The summed E-state index contributed by atoms with van der Waals surface area (Å²) in [5.74, 6) is -0.997. The van der Waals surface area contributed by atoms with Crippen molar-refractivity contribution in [2.75, 3.05) is 0 Å². The van der Waals surface area contributed by atoms with Crippen LogP contribution < -0.4 is 0 Å². The molecule has 0 amide bonds. The summed E-state index contributed by atoms with van der Waals surface area (Å²) in [5, 5.41) is 16.2. The van der Waals surface area contributed by atoms with Gasteiger partial charge >= 0.3 is 5.97 Å². The average molecular weight is 181 g/mol. The van der Waals surface area contributed by atoms with Gasteiger partial charge in [-0.25, -0.2) is 9.48 Å². The minimum absolute atomic E-state index is 0.0758. The number of hydrogen-bond acceptors (Lipinski definition) is 3. The number of rotatable bonds is 2. The Morgan fingerprint density at radius 2 is 2.31 bits per heavy atom. The number of carbonyl (C=O) groups is 1. The van der Waals surface area contributed by atoms with Crippen LogP contribution >= 0.6 is 0 Å². The van der Waals surface area contributed by atoms with E-state index < -0.39 is 5.97 Å². The van der Waals surface area contributed by atoms with Crippen molar-refractivity contribution < 1.29 is 9.90 Å². The van der Waals surface area contributed by atoms with Gasteiger partial charge in [0.2, 0.25) is 0 Å². The van der Waals surface area contributed by atoms with Gasteiger partial charge in [0.05, 0.1) is 11.7 Å². The van der Waals surface area contributed by atoms with Crippen LogP contribution in [0, 0.1) is 6.92 Å². The number of aromatic nitrogens is 3. The minimum atomic E-state index is -0.997. The SMILES string of the molecule is Cc1c(C(=O)O)nnn1C1CCC1. The van der Waals surface area contributed by atoms with Crippen molar-refractivity contribution in [1.29, 1.82) is 0 Å². The molecule has 0 aliphatic heterocycles. The Balaban J connectivity index is 2.32. The molecule has 1 heterocycles. The van der Waals surface area contributed by atoms with Gasteiger partial charge in [-0.1, -0.05) is 5.21 Å². The first-order valence-corrected chi connectivity index (χ1v) is 4.35. The summed E-state index contributed by atoms with van der Waals surface area (Å²) >= 11 is 0. The predicted molar refractivity (Wildman–Crippen MR) is 44.6 cm³/mol. The van der Waals surface area contributed by atoms with Crippen molar-refractivity contribution in [3.8, 4) is 0 Å². The van der Waals surface area contributed by atoms with E-state index in [4.69, 9.17) is 5.11 Å². The van der Waals surface area contributed by atoms with Crippen molar-refractivity contribution in [3.63, 3.8) is 0 Å². The largest absolute Gasteiger partial charge is 0.476 e. The Bertz CT molecular complexity index is 341. The Morgan fingerprint density at radius 1 is 1.62 bits per heavy atom. The van der Waals surface area contributed by atoms with Gasteiger partial charge in [-0.2, -0.15) is 0 Å². The van der Waals surface area contributed by atoms with E-state index in [0.717, 1.165) is 12.8 Å². The molecule has 1 N–H and O–H groups in total. The zero-order valence-corrected chi connectivity index (χ0v) is 7.40. The van der Waals surface area contributed by atoms with Crippen LogP contribution in [0.3, 0.4) is 0 Å². The van der Waals surface area contributed by atoms with Crippen molar-refractivity contribution in [1.82, 2.24) is 15.0 Å². The lowest BCUT2D eigenvalue weighted by molar-refractivity contribution is 0.0689. The van der Waals surface area contributed by atoms with Crippen LogP contribution in [-0.4, -0.2) is 26.1 Å². The molecule has 1 saturated carbocycles. The third-order valence-corrected chi connectivity index (χ3v) is 2.55. The molecule has 0 spiro atoms. The van der Waals surface area contributed by atoms with Gasteiger partial charge in [0.15, 0.2) is 5.69 Å². The number of nitrogens with zero attached hydrogens (tertiary/aromatic N) is 3. The molecule has 0 saturated heterocycles. The average Bonchev–Trinajstić information content (AvgIpc) is 2.29. The minimum Gasteiger partial charge on any atom is -0.476 e. The fraction of sp³-hybridized carbons (Fsp3) is 0.625. The predicted octanol–water partition coefficient (Wildman–Crippen LogP) is 1.01. The molecule has 70 valence electrons. The van der Waals surface area contributed by atoms with Crippen molar-refractivity contribution >= 4 is 5.97 Å². The maximum Gasteiger partial charge on any atom is 0.358 e. The lowest BCUT2D eigenvalue weighted by Crippen LogP contribution is -2.19. The second-order valence-corrected chi connectivity index (χ2v) is 3.36. The molecule has 5 nitrogen and oxygen atoms in total. The molecular weight excluding hydrogens is 170 g/mol. The van der Waals surface area contributed by atoms with Crippen LogP contribution in [0.25, 0.3) is 0 Å². The van der Waals surface area contributed by atoms with E-state index in [9.17, 15) is 4.79 Å². The first-order valence-electron chi connectivity index (χ1n) is 4.35. The summed E-state index contributed by atoms with van der Waals surface area (Å²) in [6.45, 7) is 1.75. The highest BCUT2D eigenvalue weighted by atomic mass is 16.4. The Kier molecular flexibility index (Phi) is 1.79. The van der Waals surface area contributed by atoms with E-state index in [1.54, 1.807) is 11.6 Å². The van der Waals surface area contributed by atoms with Gasteiger partial charge < -0.3 is 5.11 Å². The molecule has 0 unspecified atom stereocenters. The molecule has 13 heavy (non-hydrogen) atoms. The summed E-state index contributed by atoms with van der Waals surface area (Å²) in [7, 11) is 0. The van der Waals surface area contributed by atoms with Crippen LogP contribution in [-0.2, 0) is 0 Å². The second-order valence-electron chi connectivity index (χ2n) is 3.36. The Hall–Kier alpha value is -1.39. The van der Waals surface area contributed by atoms with Gasteiger partial charge in [-0.05, 0) is 26.2 Å². The monoisotopic (exact) mass is 181 g/mol. The molecule has 1 aliphatic carbocycles. The molecule has 0 atom stereocenters. The standard InChI is InChI=1S/C8H11N3O2/c1-5-7(8(12)13)9-10-11(5)6-3-2-4-6/h6H,2-4H2,1H3,(H,12,13). The molecule has 0 aromatic carbocycles. The fourth-order valence-electron chi connectivity index (χ4n) is 1.52. The highest BCUT2D eigenvalue weighted by molar-refractivity contribution is 5.86. The quantitative estimate of drug-likeness (QED) is 0.739. The molecule has 2 rings (SSSR count). The lowest BCUT2D eigenvalue weighted by Gasteiger charge is -2.25. The molecule has 1 aliphatic rings. The molecule has 1 fully saturated rings. The smallest absolute Gasteiger partial charge is 0.358 e. The molecule has 0 bridgehead atoms. The van der Waals surface area contributed by atoms with Crippen LogP contribution in [0.5, 0.6) is 0 Å². The Morgan fingerprint density at radius 3 is 2.69 bits per heavy atom. The van der Waals surface area contributed by atoms with Crippen LogP contribution in [0.15, 0.2) is 0 Å². The van der Waals surface area contributed by atoms with Crippen LogP contribution in [0.1, 0.15) is 41.5 Å². The zero-order chi connectivity index (χ0) is 9.42. The molecule has 0 radical (unpaired) electrons. The first-order chi connectivity index (χ1) is 6.20. The second kappa shape index (κ2) is 2.83. The number of carboxylic acid groups (broad SMARTS) is 1. The van der Waals surface area contributed by atoms with Gasteiger partial charge in [0.1, 0.15) is 0 Å². The van der Waals surface area contributed by atoms with Crippen LogP contribution in [0.4, 0.5) is 0 Å². The van der Waals surface area contributed by atoms with Crippen LogP contribution in [0.2, 0.25) is 0 Å². The lowest BCUT2D eigenvalue weighted by atomic mass is 9.93. The van der Waals surface area contributed by atoms with Gasteiger partial charge in [0.25, 0.3) is 0 Å². The number of hydrogen-bond donors (Lipinski definition) is 1. The van der Waals surface area contributed by atoms with Crippen molar-refractivity contribution in [2.24, 2.45) is 0 Å². The third kappa shape index (κ3) is 1.20. The first kappa shape index (κ1) is 8.22. The molecule has 1 aromatic heterocycles. The van der Waals surface area contributed by atoms with Gasteiger partial charge in [-0.3, -0.25) is 0 Å². The van der Waals surface area contributed by atoms with E-state index in [-0.39, 0.29) is 5.69 Å². The van der Waals surface area contributed by atoms with E-state index in [0.29, 0.717) is 11.7 Å². The topological polar surface area (TPSA) is 68.0 Å². The van der Waals surface area contributed by atoms with E-state index in [2.05, 4.69) is 10.3 Å². The van der Waals surface area contributed by atoms with E-state index >= 15 is 0 Å². The molecular formula is C8H11N3O2. The number of carboxylic acids is 1. The summed E-state index contributed by atoms with van der Waals surface area (Å²) in [6, 6.07) is 0.376. The fourth-order valence-corrected chi connectivity index (χ4v) is 1.52. The summed E-state index contributed by atoms with van der Waals surface area (Å²) < 4.78 is 1.73. The maximum atomic E-state index is 10.6. The van der Waals surface area contributed by atoms with Gasteiger partial charge in [-0.15, -0.1) is 5.10 Å². The molecule has 1 aromatic rings. The van der Waals surface area contributed by atoms with Gasteiger partial charge in [0, 0.05) is 0 Å².